The number of aromatic nitrogens is 2. The van der Waals surface area contributed by atoms with Crippen LogP contribution in [0.25, 0.3) is 0 Å². The maximum atomic E-state index is 11.7. The van der Waals surface area contributed by atoms with Crippen LogP contribution in [0.4, 0.5) is 14.5 Å². The largest absolute Gasteiger partial charge is 0.402 e. The molecule has 7 heteroatoms. The number of rotatable bonds is 3. The normalized spacial score (nSPS) is 10.7. The Morgan fingerprint density at radius 3 is 2.60 bits per heavy atom. The van der Waals surface area contributed by atoms with E-state index in [4.69, 9.17) is 5.73 Å². The molecule has 15 heavy (non-hydrogen) atoms. The Morgan fingerprint density at radius 1 is 1.60 bits per heavy atom. The lowest BCUT2D eigenvalue weighted by atomic mass is 10.3. The van der Waals surface area contributed by atoms with E-state index in [0.29, 0.717) is 17.1 Å². The fourth-order valence-electron chi connectivity index (χ4n) is 1.12. The second kappa shape index (κ2) is 4.24. The zero-order valence-corrected chi connectivity index (χ0v) is 8.33. The number of carbonyl (C=O) groups excluding carboxylic acids is 1. The van der Waals surface area contributed by atoms with Gasteiger partial charge in [-0.05, 0) is 13.8 Å². The highest BCUT2D eigenvalue weighted by Crippen LogP contribution is 2.14. The topological polar surface area (TPSA) is 70.1 Å². The summed E-state index contributed by atoms with van der Waals surface area (Å²) < 4.78 is 28.3. The summed E-state index contributed by atoms with van der Waals surface area (Å²) in [5.74, 6) is -1.05. The van der Waals surface area contributed by atoms with E-state index in [1.807, 2.05) is 0 Å². The van der Waals surface area contributed by atoms with Gasteiger partial charge in [-0.2, -0.15) is 13.9 Å². The number of nitrogens with two attached hydrogens (primary N) is 1. The maximum absolute atomic E-state index is 11.7. The summed E-state index contributed by atoms with van der Waals surface area (Å²) >= 11 is 0. The summed E-state index contributed by atoms with van der Waals surface area (Å²) in [5.41, 5.74) is 7.15. The lowest BCUT2D eigenvalue weighted by Gasteiger charge is -2.04. The van der Waals surface area contributed by atoms with Crippen molar-refractivity contribution in [2.75, 3.05) is 5.73 Å². The third-order valence-electron chi connectivity index (χ3n) is 1.94. The van der Waals surface area contributed by atoms with E-state index in [-0.39, 0.29) is 6.54 Å². The minimum Gasteiger partial charge on any atom is -0.402 e. The van der Waals surface area contributed by atoms with Crippen LogP contribution in [0.3, 0.4) is 0 Å². The summed E-state index contributed by atoms with van der Waals surface area (Å²) in [7, 11) is 0. The molecule has 0 aliphatic heterocycles. The molecule has 5 nitrogen and oxygen atoms in total. The molecule has 1 aromatic rings. The SMILES string of the molecule is Cc1nn(CC(=O)OC(F)F)c(C)c1N. The first-order chi connectivity index (χ1) is 6.91. The van der Waals surface area contributed by atoms with E-state index in [1.165, 1.54) is 4.68 Å². The smallest absolute Gasteiger partial charge is 0.389 e. The molecule has 0 aromatic carbocycles. The second-order valence-corrected chi connectivity index (χ2v) is 2.99. The van der Waals surface area contributed by atoms with Gasteiger partial charge in [-0.25, -0.2) is 4.79 Å². The van der Waals surface area contributed by atoms with Crippen LogP contribution in [0.15, 0.2) is 0 Å². The van der Waals surface area contributed by atoms with Gasteiger partial charge in [0, 0.05) is 0 Å². The summed E-state index contributed by atoms with van der Waals surface area (Å²) in [5, 5.41) is 3.90. The Kier molecular flexibility index (Phi) is 3.23. The van der Waals surface area contributed by atoms with Crippen LogP contribution < -0.4 is 5.73 Å². The number of anilines is 1. The molecule has 84 valence electrons. The van der Waals surface area contributed by atoms with Crippen LogP contribution in [0, 0.1) is 13.8 Å². The Hall–Kier alpha value is -1.66. The average molecular weight is 219 g/mol. The molecule has 1 aromatic heterocycles. The van der Waals surface area contributed by atoms with Gasteiger partial charge < -0.3 is 10.5 Å². The van der Waals surface area contributed by atoms with Gasteiger partial charge in [0.1, 0.15) is 6.54 Å². The number of nitrogen functional groups attached to an aromatic ring is 1. The molecular formula is C8H11F2N3O2. The first kappa shape index (κ1) is 11.4. The number of esters is 1. The molecule has 2 N–H and O–H groups in total. The predicted octanol–water partition coefficient (Wildman–Crippen LogP) is 0.848. The average Bonchev–Trinajstić information content (AvgIpc) is 2.32. The molecule has 0 atom stereocenters. The van der Waals surface area contributed by atoms with Crippen molar-refractivity contribution >= 4 is 11.7 Å². The third-order valence-corrected chi connectivity index (χ3v) is 1.94. The molecule has 0 radical (unpaired) electrons. The molecule has 0 saturated heterocycles. The highest BCUT2D eigenvalue weighted by atomic mass is 19.3. The summed E-state index contributed by atoms with van der Waals surface area (Å²) in [6, 6.07) is 0. The number of aryl methyl sites for hydroxylation is 1. The number of carbonyl (C=O) groups is 1. The first-order valence-corrected chi connectivity index (χ1v) is 4.19. The van der Waals surface area contributed by atoms with Crippen molar-refractivity contribution < 1.29 is 18.3 Å². The molecule has 1 rings (SSSR count). The van der Waals surface area contributed by atoms with Crippen LogP contribution in [0.2, 0.25) is 0 Å². The Balaban J connectivity index is 2.73. The van der Waals surface area contributed by atoms with Crippen molar-refractivity contribution in [2.45, 2.75) is 27.0 Å². The van der Waals surface area contributed by atoms with Gasteiger partial charge in [-0.15, -0.1) is 0 Å². The second-order valence-electron chi connectivity index (χ2n) is 2.99. The Morgan fingerprint density at radius 2 is 2.20 bits per heavy atom. The third kappa shape index (κ3) is 2.64. The first-order valence-electron chi connectivity index (χ1n) is 4.19. The van der Waals surface area contributed by atoms with E-state index in [0.717, 1.165) is 0 Å². The van der Waals surface area contributed by atoms with Gasteiger partial charge in [0.05, 0.1) is 17.1 Å². The number of alkyl halides is 2. The molecule has 1 heterocycles. The van der Waals surface area contributed by atoms with Gasteiger partial charge in [0.15, 0.2) is 0 Å². The van der Waals surface area contributed by atoms with E-state index < -0.39 is 12.6 Å². The Bertz CT molecular complexity index is 376. The summed E-state index contributed by atoms with van der Waals surface area (Å²) in [6.45, 7) is -0.164. The number of hydrogen-bond donors (Lipinski definition) is 1. The molecule has 0 unspecified atom stereocenters. The quantitative estimate of drug-likeness (QED) is 0.765. The number of hydrogen-bond acceptors (Lipinski definition) is 4. The van der Waals surface area contributed by atoms with Gasteiger partial charge in [0.25, 0.3) is 0 Å². The Labute approximate surface area is 84.8 Å². The lowest BCUT2D eigenvalue weighted by Crippen LogP contribution is -2.18. The van der Waals surface area contributed by atoms with Crippen molar-refractivity contribution in [3.05, 3.63) is 11.4 Å². The van der Waals surface area contributed by atoms with Crippen molar-refractivity contribution in [3.8, 4) is 0 Å². The van der Waals surface area contributed by atoms with Crippen LogP contribution in [0.1, 0.15) is 11.4 Å². The van der Waals surface area contributed by atoms with Crippen molar-refractivity contribution in [1.29, 1.82) is 0 Å². The van der Waals surface area contributed by atoms with E-state index in [1.54, 1.807) is 13.8 Å². The standard InChI is InChI=1S/C8H11F2N3O2/c1-4-7(11)5(2)13(12-4)3-6(14)15-8(9)10/h8H,3,11H2,1-2H3. The van der Waals surface area contributed by atoms with Gasteiger partial charge in [-0.3, -0.25) is 4.68 Å². The molecule has 0 bridgehead atoms. The fraction of sp³-hybridized carbons (Fsp3) is 0.500. The number of ether oxygens (including phenoxy) is 1. The zero-order valence-electron chi connectivity index (χ0n) is 8.33. The molecule has 0 amide bonds. The van der Waals surface area contributed by atoms with Gasteiger partial charge in [-0.1, -0.05) is 0 Å². The van der Waals surface area contributed by atoms with Crippen molar-refractivity contribution in [3.63, 3.8) is 0 Å². The maximum Gasteiger partial charge on any atom is 0.389 e. The summed E-state index contributed by atoms with van der Waals surface area (Å²) in [4.78, 5) is 10.9. The number of nitrogens with zero attached hydrogens (tertiary/aromatic N) is 2. The van der Waals surface area contributed by atoms with Gasteiger partial charge in [0.2, 0.25) is 0 Å². The predicted molar refractivity (Wildman–Crippen MR) is 48.2 cm³/mol. The molecular weight excluding hydrogens is 208 g/mol. The van der Waals surface area contributed by atoms with Crippen LogP contribution in [0.5, 0.6) is 0 Å². The minimum atomic E-state index is -3.10. The lowest BCUT2D eigenvalue weighted by molar-refractivity contribution is -0.177. The zero-order chi connectivity index (χ0) is 11.6. The van der Waals surface area contributed by atoms with Crippen LogP contribution in [-0.2, 0) is 16.1 Å². The molecule has 0 aliphatic rings. The minimum absolute atomic E-state index is 0.367. The molecule has 0 fully saturated rings. The highest BCUT2D eigenvalue weighted by Gasteiger charge is 2.15. The van der Waals surface area contributed by atoms with Crippen LogP contribution >= 0.6 is 0 Å². The molecule has 0 aliphatic carbocycles. The molecule has 0 saturated carbocycles. The monoisotopic (exact) mass is 219 g/mol. The van der Waals surface area contributed by atoms with Crippen molar-refractivity contribution in [2.24, 2.45) is 0 Å². The highest BCUT2D eigenvalue weighted by molar-refractivity contribution is 5.69. The van der Waals surface area contributed by atoms with Crippen LogP contribution in [-0.4, -0.2) is 22.4 Å². The summed E-state index contributed by atoms with van der Waals surface area (Å²) in [6.07, 6.45) is 0. The number of halogens is 2. The van der Waals surface area contributed by atoms with E-state index in [2.05, 4.69) is 9.84 Å². The van der Waals surface area contributed by atoms with E-state index in [9.17, 15) is 13.6 Å². The van der Waals surface area contributed by atoms with E-state index >= 15 is 0 Å². The fourth-order valence-corrected chi connectivity index (χ4v) is 1.12. The van der Waals surface area contributed by atoms with Crippen molar-refractivity contribution in [1.82, 2.24) is 9.78 Å². The molecule has 0 spiro atoms. The van der Waals surface area contributed by atoms with Gasteiger partial charge >= 0.3 is 12.6 Å².